The van der Waals surface area contributed by atoms with Gasteiger partial charge in [-0.15, -0.1) is 0 Å². The molecule has 0 saturated heterocycles. The Hall–Kier alpha value is -3.02. The van der Waals surface area contributed by atoms with Crippen LogP contribution in [-0.2, 0) is 22.5 Å². The summed E-state index contributed by atoms with van der Waals surface area (Å²) in [6.07, 6.45) is 1.66. The highest BCUT2D eigenvalue weighted by atomic mass is 16.6. The van der Waals surface area contributed by atoms with Crippen LogP contribution in [0.25, 0.3) is 0 Å². The number of carbonyl (C=O) groups is 1. The van der Waals surface area contributed by atoms with Gasteiger partial charge in [0.1, 0.15) is 7.11 Å². The zero-order chi connectivity index (χ0) is 21.2. The summed E-state index contributed by atoms with van der Waals surface area (Å²) in [5.74, 6) is 1.11. The lowest BCUT2D eigenvalue weighted by Crippen LogP contribution is -2.33. The normalized spacial score (nSPS) is 11.3. The van der Waals surface area contributed by atoms with Crippen LogP contribution in [0.3, 0.4) is 0 Å². The Kier molecular flexibility index (Phi) is 8.52. The second-order valence-corrected chi connectivity index (χ2v) is 6.83. The van der Waals surface area contributed by atoms with E-state index in [0.29, 0.717) is 24.5 Å². The first-order chi connectivity index (χ1) is 14.0. The molecule has 156 valence electrons. The molecule has 1 amide bonds. The number of oxime groups is 1. The van der Waals surface area contributed by atoms with Gasteiger partial charge in [-0.25, -0.2) is 0 Å². The highest BCUT2D eigenvalue weighted by Crippen LogP contribution is 2.29. The van der Waals surface area contributed by atoms with Crippen molar-refractivity contribution >= 4 is 11.6 Å². The number of aryl methyl sites for hydroxylation is 1. The fourth-order valence-electron chi connectivity index (χ4n) is 2.84. The van der Waals surface area contributed by atoms with Gasteiger partial charge in [0.2, 0.25) is 0 Å². The molecule has 0 heterocycles. The van der Waals surface area contributed by atoms with E-state index in [1.165, 1.54) is 12.7 Å². The van der Waals surface area contributed by atoms with Crippen molar-refractivity contribution < 1.29 is 19.1 Å². The Morgan fingerprint density at radius 2 is 1.72 bits per heavy atom. The molecule has 2 rings (SSSR count). The maximum atomic E-state index is 12.6. The smallest absolute Gasteiger partial charge is 0.273 e. The first-order valence-electron chi connectivity index (χ1n) is 9.80. The van der Waals surface area contributed by atoms with Crippen molar-refractivity contribution in [1.82, 2.24) is 5.32 Å². The molecule has 0 saturated carbocycles. The molecule has 2 aromatic carbocycles. The molecule has 0 unspecified atom stereocenters. The summed E-state index contributed by atoms with van der Waals surface area (Å²) >= 11 is 0. The molecular weight excluding hydrogens is 368 g/mol. The summed E-state index contributed by atoms with van der Waals surface area (Å²) in [5.41, 5.74) is 3.22. The molecule has 0 atom stereocenters. The van der Waals surface area contributed by atoms with Gasteiger partial charge in [0.15, 0.2) is 17.2 Å². The average molecular weight is 399 g/mol. The lowest BCUT2D eigenvalue weighted by molar-refractivity contribution is -0.114. The predicted molar refractivity (Wildman–Crippen MR) is 115 cm³/mol. The number of hydrogen-bond donors (Lipinski definition) is 1. The van der Waals surface area contributed by atoms with E-state index in [-0.39, 0.29) is 17.7 Å². The summed E-state index contributed by atoms with van der Waals surface area (Å²) in [7, 11) is 3.05. The van der Waals surface area contributed by atoms with Crippen LogP contribution in [-0.4, -0.2) is 38.5 Å². The molecule has 0 radical (unpaired) electrons. The number of benzene rings is 2. The minimum absolute atomic E-state index is 0.0684. The zero-order valence-corrected chi connectivity index (χ0v) is 17.8. The second-order valence-electron chi connectivity index (χ2n) is 6.83. The fraction of sp³-hybridized carbons (Fsp3) is 0.391. The van der Waals surface area contributed by atoms with Gasteiger partial charge in [-0.05, 0) is 49.9 Å². The summed E-state index contributed by atoms with van der Waals surface area (Å²) < 4.78 is 11.1. The second kappa shape index (κ2) is 11.1. The topological polar surface area (TPSA) is 69.2 Å². The number of nitrogens with one attached hydrogen (secondary N) is 1. The Labute approximate surface area is 172 Å². The maximum Gasteiger partial charge on any atom is 0.273 e. The fourth-order valence-corrected chi connectivity index (χ4v) is 2.84. The first-order valence-corrected chi connectivity index (χ1v) is 9.80. The van der Waals surface area contributed by atoms with Crippen molar-refractivity contribution in [3.63, 3.8) is 0 Å². The Morgan fingerprint density at radius 3 is 2.31 bits per heavy atom. The van der Waals surface area contributed by atoms with Crippen LogP contribution in [0.4, 0.5) is 0 Å². The van der Waals surface area contributed by atoms with E-state index < -0.39 is 0 Å². The van der Waals surface area contributed by atoms with Crippen LogP contribution >= 0.6 is 0 Å². The minimum atomic E-state index is -0.275. The SMILES string of the molecule is CCc1ccc(/C(=N/OC)C(=O)NCCc2ccc(OC(C)C)c(OC)c2)cc1. The number of rotatable bonds is 10. The van der Waals surface area contributed by atoms with Crippen molar-refractivity contribution in [2.24, 2.45) is 5.16 Å². The summed E-state index contributed by atoms with van der Waals surface area (Å²) in [5, 5.41) is 6.82. The summed E-state index contributed by atoms with van der Waals surface area (Å²) in [6, 6.07) is 13.5. The van der Waals surface area contributed by atoms with Gasteiger partial charge in [0.25, 0.3) is 5.91 Å². The van der Waals surface area contributed by atoms with E-state index in [1.807, 2.05) is 56.3 Å². The van der Waals surface area contributed by atoms with Crippen LogP contribution in [0.2, 0.25) is 0 Å². The Bertz CT molecular complexity index is 829. The van der Waals surface area contributed by atoms with Gasteiger partial charge in [0, 0.05) is 12.1 Å². The van der Waals surface area contributed by atoms with Crippen molar-refractivity contribution in [3.05, 3.63) is 59.2 Å². The van der Waals surface area contributed by atoms with Gasteiger partial charge in [-0.2, -0.15) is 0 Å². The molecule has 6 nitrogen and oxygen atoms in total. The molecule has 2 aromatic rings. The molecular formula is C23H30N2O4. The highest BCUT2D eigenvalue weighted by Gasteiger charge is 2.15. The monoisotopic (exact) mass is 398 g/mol. The van der Waals surface area contributed by atoms with E-state index in [9.17, 15) is 4.79 Å². The van der Waals surface area contributed by atoms with Gasteiger partial charge < -0.3 is 19.6 Å². The maximum absolute atomic E-state index is 12.6. The predicted octanol–water partition coefficient (Wildman–Crippen LogP) is 3.75. The van der Waals surface area contributed by atoms with E-state index in [0.717, 1.165) is 17.5 Å². The number of nitrogens with zero attached hydrogens (tertiary/aromatic N) is 1. The van der Waals surface area contributed by atoms with Gasteiger partial charge in [-0.1, -0.05) is 42.4 Å². The third-order valence-electron chi connectivity index (χ3n) is 4.32. The van der Waals surface area contributed by atoms with Gasteiger partial charge in [-0.3, -0.25) is 4.79 Å². The number of hydrogen-bond acceptors (Lipinski definition) is 5. The van der Waals surface area contributed by atoms with E-state index in [4.69, 9.17) is 14.3 Å². The Morgan fingerprint density at radius 1 is 1.03 bits per heavy atom. The lowest BCUT2D eigenvalue weighted by Gasteiger charge is -2.14. The van der Waals surface area contributed by atoms with Crippen LogP contribution in [0.15, 0.2) is 47.6 Å². The number of amides is 1. The van der Waals surface area contributed by atoms with Gasteiger partial charge in [0.05, 0.1) is 13.2 Å². The number of methoxy groups -OCH3 is 1. The molecule has 6 heteroatoms. The van der Waals surface area contributed by atoms with E-state index in [1.54, 1.807) is 7.11 Å². The average Bonchev–Trinajstić information content (AvgIpc) is 2.72. The Balaban J connectivity index is 2.00. The van der Waals surface area contributed by atoms with Crippen LogP contribution in [0.5, 0.6) is 11.5 Å². The van der Waals surface area contributed by atoms with Crippen molar-refractivity contribution in [3.8, 4) is 11.5 Å². The molecule has 0 spiro atoms. The molecule has 0 aliphatic rings. The third kappa shape index (κ3) is 6.52. The highest BCUT2D eigenvalue weighted by molar-refractivity contribution is 6.45. The van der Waals surface area contributed by atoms with Gasteiger partial charge >= 0.3 is 0 Å². The molecule has 0 aliphatic heterocycles. The van der Waals surface area contributed by atoms with Crippen molar-refractivity contribution in [2.45, 2.75) is 39.7 Å². The first kappa shape index (κ1) is 22.3. The summed E-state index contributed by atoms with van der Waals surface area (Å²) in [4.78, 5) is 17.5. The zero-order valence-electron chi connectivity index (χ0n) is 17.8. The standard InChI is InChI=1S/C23H30N2O4/c1-6-17-7-10-19(11-8-17)22(25-28-5)23(26)24-14-13-18-9-12-20(29-16(2)3)21(15-18)27-4/h7-12,15-16H,6,13-14H2,1-5H3,(H,24,26)/b25-22-. The third-order valence-corrected chi connectivity index (χ3v) is 4.32. The molecule has 0 bridgehead atoms. The molecule has 29 heavy (non-hydrogen) atoms. The summed E-state index contributed by atoms with van der Waals surface area (Å²) in [6.45, 7) is 6.49. The molecule has 0 aliphatic carbocycles. The van der Waals surface area contributed by atoms with Crippen LogP contribution in [0.1, 0.15) is 37.5 Å². The lowest BCUT2D eigenvalue weighted by atomic mass is 10.1. The van der Waals surface area contributed by atoms with Crippen LogP contribution in [0, 0.1) is 0 Å². The van der Waals surface area contributed by atoms with Crippen LogP contribution < -0.4 is 14.8 Å². The van der Waals surface area contributed by atoms with E-state index in [2.05, 4.69) is 17.4 Å². The quantitative estimate of drug-likeness (QED) is 0.489. The number of ether oxygens (including phenoxy) is 2. The molecule has 0 fully saturated rings. The number of carbonyl (C=O) groups excluding carboxylic acids is 1. The molecule has 1 N–H and O–H groups in total. The largest absolute Gasteiger partial charge is 0.493 e. The van der Waals surface area contributed by atoms with Crippen molar-refractivity contribution in [1.29, 1.82) is 0 Å². The van der Waals surface area contributed by atoms with Crippen molar-refractivity contribution in [2.75, 3.05) is 20.8 Å². The van der Waals surface area contributed by atoms with E-state index >= 15 is 0 Å². The molecule has 0 aromatic heterocycles. The minimum Gasteiger partial charge on any atom is -0.493 e.